The molecule has 0 heterocycles. The van der Waals surface area contributed by atoms with Crippen LogP contribution in [0.3, 0.4) is 0 Å². The lowest BCUT2D eigenvalue weighted by Gasteiger charge is -2.27. The molecule has 4 aromatic carbocycles. The zero-order valence-electron chi connectivity index (χ0n) is 22.5. The third-order valence-corrected chi connectivity index (χ3v) is 6.41. The van der Waals surface area contributed by atoms with Gasteiger partial charge in [-0.2, -0.15) is 0 Å². The van der Waals surface area contributed by atoms with Gasteiger partial charge in [0.25, 0.3) is 0 Å². The summed E-state index contributed by atoms with van der Waals surface area (Å²) in [5.41, 5.74) is 3.80. The Morgan fingerprint density at radius 2 is 0.872 bits per heavy atom. The van der Waals surface area contributed by atoms with Gasteiger partial charge in [0.2, 0.25) is 0 Å². The van der Waals surface area contributed by atoms with E-state index in [0.717, 1.165) is 33.8 Å². The molecule has 0 amide bonds. The van der Waals surface area contributed by atoms with Gasteiger partial charge in [-0.3, -0.25) is 0 Å². The third-order valence-electron chi connectivity index (χ3n) is 6.41. The molecule has 0 aliphatic heterocycles. The number of hydrogen-bond acceptors (Lipinski definition) is 3. The summed E-state index contributed by atoms with van der Waals surface area (Å²) in [5.74, 6) is 1.43. The van der Waals surface area contributed by atoms with Gasteiger partial charge in [0, 0.05) is 12.8 Å². The molecule has 0 radical (unpaired) electrons. The van der Waals surface area contributed by atoms with Crippen molar-refractivity contribution in [2.45, 2.75) is 64.5 Å². The van der Waals surface area contributed by atoms with E-state index in [1.54, 1.807) is 0 Å². The van der Waals surface area contributed by atoms with Gasteiger partial charge >= 0.3 is 0 Å². The Bertz CT molecular complexity index is 1130. The molecule has 0 fully saturated rings. The molecule has 0 aliphatic rings. The predicted molar refractivity (Wildman–Crippen MR) is 151 cm³/mol. The minimum Gasteiger partial charge on any atom is -0.489 e. The molecule has 39 heavy (non-hydrogen) atoms. The van der Waals surface area contributed by atoms with Crippen molar-refractivity contribution in [1.29, 1.82) is 0 Å². The SMILES string of the molecule is CC(F)CC(OC(CC(C)F)c1ccc(OCc2ccccc2)cc1)c1ccc(OCc2ccccc2)cc1. The molecular formula is C34H36F2O3. The van der Waals surface area contributed by atoms with Crippen LogP contribution in [-0.2, 0) is 18.0 Å². The molecule has 5 heteroatoms. The van der Waals surface area contributed by atoms with Gasteiger partial charge in [-0.15, -0.1) is 0 Å². The fourth-order valence-electron chi connectivity index (χ4n) is 4.37. The van der Waals surface area contributed by atoms with E-state index in [9.17, 15) is 8.78 Å². The first kappa shape index (κ1) is 28.3. The van der Waals surface area contributed by atoms with E-state index in [-0.39, 0.29) is 12.8 Å². The van der Waals surface area contributed by atoms with Crippen LogP contribution in [0, 0.1) is 0 Å². The van der Waals surface area contributed by atoms with Crippen LogP contribution in [0.2, 0.25) is 0 Å². The molecule has 0 aromatic heterocycles. The van der Waals surface area contributed by atoms with Crippen LogP contribution in [0.25, 0.3) is 0 Å². The van der Waals surface area contributed by atoms with Crippen LogP contribution < -0.4 is 9.47 Å². The molecule has 0 saturated carbocycles. The number of alkyl halides is 2. The highest BCUT2D eigenvalue weighted by atomic mass is 19.1. The summed E-state index contributed by atoms with van der Waals surface area (Å²) in [6.45, 7) is 3.95. The van der Waals surface area contributed by atoms with Crippen LogP contribution >= 0.6 is 0 Å². The van der Waals surface area contributed by atoms with Crippen molar-refractivity contribution in [1.82, 2.24) is 0 Å². The lowest BCUT2D eigenvalue weighted by Crippen LogP contribution is -2.16. The monoisotopic (exact) mass is 530 g/mol. The molecule has 4 atom stereocenters. The molecular weight excluding hydrogens is 494 g/mol. The molecule has 4 unspecified atom stereocenters. The van der Waals surface area contributed by atoms with E-state index < -0.39 is 24.6 Å². The van der Waals surface area contributed by atoms with E-state index in [1.807, 2.05) is 109 Å². The molecule has 4 aromatic rings. The molecule has 0 aliphatic carbocycles. The zero-order chi connectivity index (χ0) is 27.5. The lowest BCUT2D eigenvalue weighted by atomic mass is 10.0. The first-order chi connectivity index (χ1) is 19.0. The van der Waals surface area contributed by atoms with Crippen molar-refractivity contribution in [3.63, 3.8) is 0 Å². The average Bonchev–Trinajstić information content (AvgIpc) is 2.95. The Morgan fingerprint density at radius 1 is 0.513 bits per heavy atom. The minimum absolute atomic E-state index is 0.166. The van der Waals surface area contributed by atoms with Gasteiger partial charge in [-0.25, -0.2) is 8.78 Å². The normalized spacial score (nSPS) is 14.3. The van der Waals surface area contributed by atoms with Crippen LogP contribution in [0.5, 0.6) is 11.5 Å². The number of rotatable bonds is 14. The molecule has 3 nitrogen and oxygen atoms in total. The Hall–Kier alpha value is -3.70. The maximum absolute atomic E-state index is 14.2. The highest BCUT2D eigenvalue weighted by Crippen LogP contribution is 2.35. The maximum Gasteiger partial charge on any atom is 0.119 e. The van der Waals surface area contributed by atoms with Gasteiger partial charge in [0.05, 0.1) is 12.2 Å². The summed E-state index contributed by atoms with van der Waals surface area (Å²) < 4.78 is 46.7. The van der Waals surface area contributed by atoms with Gasteiger partial charge in [0.15, 0.2) is 0 Å². The van der Waals surface area contributed by atoms with Gasteiger partial charge in [-0.05, 0) is 60.4 Å². The quantitative estimate of drug-likeness (QED) is 0.163. The average molecular weight is 531 g/mol. The zero-order valence-corrected chi connectivity index (χ0v) is 22.5. The number of ether oxygens (including phenoxy) is 3. The number of benzene rings is 4. The summed E-state index contributed by atoms with van der Waals surface area (Å²) in [6, 6.07) is 34.9. The predicted octanol–water partition coefficient (Wildman–Crippen LogP) is 9.14. The first-order valence-electron chi connectivity index (χ1n) is 13.4. The Balaban J connectivity index is 1.44. The fourth-order valence-corrected chi connectivity index (χ4v) is 4.37. The lowest BCUT2D eigenvalue weighted by molar-refractivity contribution is -0.0412. The van der Waals surface area contributed by atoms with Crippen molar-refractivity contribution in [2.75, 3.05) is 0 Å². The van der Waals surface area contributed by atoms with Crippen LogP contribution in [-0.4, -0.2) is 12.3 Å². The van der Waals surface area contributed by atoms with Gasteiger partial charge in [-0.1, -0.05) is 84.9 Å². The second-order valence-corrected chi connectivity index (χ2v) is 9.83. The number of halogens is 2. The van der Waals surface area contributed by atoms with Crippen molar-refractivity contribution >= 4 is 0 Å². The minimum atomic E-state index is -1.08. The molecule has 0 bridgehead atoms. The summed E-state index contributed by atoms with van der Waals surface area (Å²) >= 11 is 0. The summed E-state index contributed by atoms with van der Waals surface area (Å²) in [6.07, 6.45) is -2.90. The Labute approximate surface area is 230 Å². The molecule has 204 valence electrons. The van der Waals surface area contributed by atoms with Crippen molar-refractivity contribution in [3.8, 4) is 11.5 Å². The molecule has 0 saturated heterocycles. The summed E-state index contributed by atoms with van der Waals surface area (Å²) in [5, 5.41) is 0. The van der Waals surface area contributed by atoms with E-state index in [4.69, 9.17) is 14.2 Å². The molecule has 4 rings (SSSR count). The third kappa shape index (κ3) is 9.22. The largest absolute Gasteiger partial charge is 0.489 e. The fraction of sp³-hybridized carbons (Fsp3) is 0.294. The second kappa shape index (κ2) is 14.5. The number of hydrogen-bond donors (Lipinski definition) is 0. The first-order valence-corrected chi connectivity index (χ1v) is 13.4. The van der Waals surface area contributed by atoms with Crippen LogP contribution in [0.15, 0.2) is 109 Å². The molecule has 0 N–H and O–H groups in total. The Morgan fingerprint density at radius 3 is 1.21 bits per heavy atom. The highest BCUT2D eigenvalue weighted by molar-refractivity contribution is 5.31. The molecule has 0 spiro atoms. The van der Waals surface area contributed by atoms with Crippen molar-refractivity contribution in [3.05, 3.63) is 131 Å². The van der Waals surface area contributed by atoms with Crippen molar-refractivity contribution < 1.29 is 23.0 Å². The van der Waals surface area contributed by atoms with Crippen LogP contribution in [0.1, 0.15) is 61.2 Å². The van der Waals surface area contributed by atoms with Gasteiger partial charge in [0.1, 0.15) is 37.1 Å². The maximum atomic E-state index is 14.2. The van der Waals surface area contributed by atoms with Crippen molar-refractivity contribution in [2.24, 2.45) is 0 Å². The standard InChI is InChI=1S/C34H36F2O3/c1-25(35)21-33(29-13-17-31(18-14-29)37-23-27-9-5-3-6-10-27)39-34(22-26(2)36)30-15-19-32(20-16-30)38-24-28-11-7-4-8-12-28/h3-20,25-26,33-34H,21-24H2,1-2H3. The van der Waals surface area contributed by atoms with Crippen LogP contribution in [0.4, 0.5) is 8.78 Å². The Kier molecular flexibility index (Phi) is 10.5. The smallest absolute Gasteiger partial charge is 0.119 e. The van der Waals surface area contributed by atoms with E-state index in [2.05, 4.69) is 0 Å². The second-order valence-electron chi connectivity index (χ2n) is 9.83. The summed E-state index contributed by atoms with van der Waals surface area (Å²) in [4.78, 5) is 0. The van der Waals surface area contributed by atoms with E-state index >= 15 is 0 Å². The highest BCUT2D eigenvalue weighted by Gasteiger charge is 2.24. The summed E-state index contributed by atoms with van der Waals surface area (Å²) in [7, 11) is 0. The van der Waals surface area contributed by atoms with E-state index in [0.29, 0.717) is 13.2 Å². The van der Waals surface area contributed by atoms with E-state index in [1.165, 1.54) is 13.8 Å². The topological polar surface area (TPSA) is 27.7 Å². The van der Waals surface area contributed by atoms with Gasteiger partial charge < -0.3 is 14.2 Å².